The number of nitrogens with one attached hydrogen (secondary N) is 1. The third-order valence-corrected chi connectivity index (χ3v) is 2.95. The molecule has 0 radical (unpaired) electrons. The number of hydrogen-bond acceptors (Lipinski definition) is 5. The lowest BCUT2D eigenvalue weighted by Crippen LogP contribution is -2.09. The van der Waals surface area contributed by atoms with E-state index >= 15 is 0 Å². The molecular weight excluding hydrogens is 220 g/mol. The Bertz CT molecular complexity index is 467. The molecule has 2 rings (SSSR count). The maximum absolute atomic E-state index is 4.46. The van der Waals surface area contributed by atoms with E-state index in [1.807, 2.05) is 20.0 Å². The van der Waals surface area contributed by atoms with E-state index < -0.39 is 0 Å². The van der Waals surface area contributed by atoms with E-state index in [1.165, 1.54) is 0 Å². The van der Waals surface area contributed by atoms with Gasteiger partial charge in [-0.15, -0.1) is 11.3 Å². The minimum absolute atomic E-state index is 0.710. The summed E-state index contributed by atoms with van der Waals surface area (Å²) in [5.41, 5.74) is 2.06. The Kier molecular flexibility index (Phi) is 3.58. The predicted octanol–water partition coefficient (Wildman–Crippen LogP) is 1.55. The fourth-order valence-electron chi connectivity index (χ4n) is 1.46. The lowest BCUT2D eigenvalue weighted by Gasteiger charge is -2.01. The highest BCUT2D eigenvalue weighted by molar-refractivity contribution is 7.09. The van der Waals surface area contributed by atoms with Gasteiger partial charge in [0.1, 0.15) is 5.82 Å². The molecule has 2 aromatic heterocycles. The Morgan fingerprint density at radius 1 is 1.31 bits per heavy atom. The zero-order valence-corrected chi connectivity index (χ0v) is 10.2. The topological polar surface area (TPSA) is 50.7 Å². The summed E-state index contributed by atoms with van der Waals surface area (Å²) in [7, 11) is 1.91. The van der Waals surface area contributed by atoms with Gasteiger partial charge in [0.15, 0.2) is 0 Å². The zero-order chi connectivity index (χ0) is 11.4. The van der Waals surface area contributed by atoms with Gasteiger partial charge in [0.2, 0.25) is 0 Å². The van der Waals surface area contributed by atoms with Crippen molar-refractivity contribution >= 4 is 11.3 Å². The van der Waals surface area contributed by atoms with Gasteiger partial charge in [0, 0.05) is 18.1 Å². The molecule has 0 aromatic carbocycles. The molecule has 16 heavy (non-hydrogen) atoms. The molecule has 2 heterocycles. The predicted molar refractivity (Wildman–Crippen MR) is 64.5 cm³/mol. The molecule has 0 aliphatic heterocycles. The first kappa shape index (κ1) is 11.2. The lowest BCUT2D eigenvalue weighted by atomic mass is 10.3. The molecule has 4 nitrogen and oxygen atoms in total. The Labute approximate surface area is 98.8 Å². The number of aryl methyl sites for hydroxylation is 1. The quantitative estimate of drug-likeness (QED) is 0.872. The van der Waals surface area contributed by atoms with Crippen LogP contribution in [-0.2, 0) is 13.0 Å². The summed E-state index contributed by atoms with van der Waals surface area (Å²) in [6, 6.07) is 1.92. The van der Waals surface area contributed by atoms with E-state index in [0.717, 1.165) is 28.8 Å². The maximum atomic E-state index is 4.46. The van der Waals surface area contributed by atoms with Crippen molar-refractivity contribution in [3.05, 3.63) is 39.9 Å². The molecule has 0 atom stereocenters. The van der Waals surface area contributed by atoms with Crippen LogP contribution in [0.3, 0.4) is 0 Å². The molecule has 0 unspecified atom stereocenters. The summed E-state index contributed by atoms with van der Waals surface area (Å²) in [4.78, 5) is 13.1. The maximum Gasteiger partial charge on any atom is 0.134 e. The van der Waals surface area contributed by atoms with Crippen molar-refractivity contribution in [3.63, 3.8) is 0 Å². The number of nitrogens with zero attached hydrogens (tertiary/aromatic N) is 3. The third kappa shape index (κ3) is 2.84. The first-order valence-corrected chi connectivity index (χ1v) is 6.02. The van der Waals surface area contributed by atoms with Gasteiger partial charge >= 0.3 is 0 Å². The minimum Gasteiger partial charge on any atom is -0.314 e. The summed E-state index contributed by atoms with van der Waals surface area (Å²) in [6.07, 6.45) is 2.51. The molecule has 0 aliphatic rings. The lowest BCUT2D eigenvalue weighted by molar-refractivity contribution is 0.771. The van der Waals surface area contributed by atoms with E-state index in [-0.39, 0.29) is 0 Å². The molecule has 0 saturated heterocycles. The van der Waals surface area contributed by atoms with Crippen LogP contribution in [0.2, 0.25) is 0 Å². The fraction of sp³-hybridized carbons (Fsp3) is 0.364. The van der Waals surface area contributed by atoms with Crippen molar-refractivity contribution in [1.29, 1.82) is 0 Å². The highest BCUT2D eigenvalue weighted by atomic mass is 32.1. The first-order valence-electron chi connectivity index (χ1n) is 5.14. The monoisotopic (exact) mass is 234 g/mol. The summed E-state index contributed by atoms with van der Waals surface area (Å²) in [5.74, 6) is 0.832. The Balaban J connectivity index is 2.12. The molecule has 84 valence electrons. The van der Waals surface area contributed by atoms with Crippen LogP contribution in [0, 0.1) is 6.92 Å². The van der Waals surface area contributed by atoms with Crippen LogP contribution >= 0.6 is 11.3 Å². The van der Waals surface area contributed by atoms with E-state index in [9.17, 15) is 0 Å². The molecule has 0 amide bonds. The Morgan fingerprint density at radius 2 is 2.19 bits per heavy atom. The van der Waals surface area contributed by atoms with Crippen LogP contribution in [0.15, 0.2) is 17.6 Å². The average molecular weight is 234 g/mol. The van der Waals surface area contributed by atoms with E-state index in [4.69, 9.17) is 0 Å². The van der Waals surface area contributed by atoms with Crippen LogP contribution in [0.25, 0.3) is 0 Å². The molecule has 1 N–H and O–H groups in total. The van der Waals surface area contributed by atoms with Crippen molar-refractivity contribution in [2.24, 2.45) is 0 Å². The van der Waals surface area contributed by atoms with Crippen LogP contribution in [-0.4, -0.2) is 22.0 Å². The van der Waals surface area contributed by atoms with Gasteiger partial charge in [-0.1, -0.05) is 0 Å². The average Bonchev–Trinajstić information content (AvgIpc) is 2.65. The smallest absolute Gasteiger partial charge is 0.134 e. The normalized spacial score (nSPS) is 10.6. The van der Waals surface area contributed by atoms with E-state index in [2.05, 4.69) is 25.6 Å². The summed E-state index contributed by atoms with van der Waals surface area (Å²) >= 11 is 1.66. The largest absolute Gasteiger partial charge is 0.314 e. The third-order valence-electron chi connectivity index (χ3n) is 2.13. The number of hydrogen-bond donors (Lipinski definition) is 1. The number of aromatic nitrogens is 3. The number of thiazole rings is 1. The van der Waals surface area contributed by atoms with Crippen molar-refractivity contribution in [2.45, 2.75) is 19.9 Å². The molecule has 0 spiro atoms. The van der Waals surface area contributed by atoms with Gasteiger partial charge in [-0.2, -0.15) is 0 Å². The van der Waals surface area contributed by atoms with Gasteiger partial charge < -0.3 is 5.32 Å². The molecule has 0 saturated carbocycles. The standard InChI is InChI=1S/C11H14N4S/c1-8-14-10(7-16-8)5-11-13-4-3-9(15-11)6-12-2/h3-4,7,12H,5-6H2,1-2H3. The first-order chi connectivity index (χ1) is 7.78. The van der Waals surface area contributed by atoms with E-state index in [0.29, 0.717) is 6.42 Å². The summed E-state index contributed by atoms with van der Waals surface area (Å²) in [6.45, 7) is 2.78. The van der Waals surface area contributed by atoms with Crippen molar-refractivity contribution in [3.8, 4) is 0 Å². The fourth-order valence-corrected chi connectivity index (χ4v) is 2.07. The van der Waals surface area contributed by atoms with Crippen LogP contribution in [0.4, 0.5) is 0 Å². The van der Waals surface area contributed by atoms with Gasteiger partial charge in [-0.05, 0) is 20.0 Å². The second-order valence-corrected chi connectivity index (χ2v) is 4.59. The van der Waals surface area contributed by atoms with Crippen molar-refractivity contribution in [2.75, 3.05) is 7.05 Å². The van der Waals surface area contributed by atoms with Gasteiger partial charge in [-0.25, -0.2) is 15.0 Å². The van der Waals surface area contributed by atoms with Crippen LogP contribution < -0.4 is 5.32 Å². The number of rotatable bonds is 4. The van der Waals surface area contributed by atoms with Gasteiger partial charge in [0.05, 0.1) is 22.8 Å². The minimum atomic E-state index is 0.710. The summed E-state index contributed by atoms with van der Waals surface area (Å²) < 4.78 is 0. The molecule has 2 aromatic rings. The van der Waals surface area contributed by atoms with Gasteiger partial charge in [0.25, 0.3) is 0 Å². The van der Waals surface area contributed by atoms with Crippen molar-refractivity contribution in [1.82, 2.24) is 20.3 Å². The van der Waals surface area contributed by atoms with Gasteiger partial charge in [-0.3, -0.25) is 0 Å². The van der Waals surface area contributed by atoms with Crippen LogP contribution in [0.5, 0.6) is 0 Å². The second-order valence-electron chi connectivity index (χ2n) is 3.53. The Morgan fingerprint density at radius 3 is 2.88 bits per heavy atom. The van der Waals surface area contributed by atoms with Crippen molar-refractivity contribution < 1.29 is 0 Å². The molecule has 0 fully saturated rings. The molecule has 5 heteroatoms. The highest BCUT2D eigenvalue weighted by Gasteiger charge is 2.03. The molecular formula is C11H14N4S. The second kappa shape index (κ2) is 5.14. The zero-order valence-electron chi connectivity index (χ0n) is 9.40. The van der Waals surface area contributed by atoms with Crippen LogP contribution in [0.1, 0.15) is 22.2 Å². The molecule has 0 aliphatic carbocycles. The SMILES string of the molecule is CNCc1ccnc(Cc2csc(C)n2)n1. The summed E-state index contributed by atoms with van der Waals surface area (Å²) in [5, 5.41) is 6.22. The molecule has 0 bridgehead atoms. The highest BCUT2D eigenvalue weighted by Crippen LogP contribution is 2.10. The van der Waals surface area contributed by atoms with E-state index in [1.54, 1.807) is 17.5 Å². The Hall–Kier alpha value is -1.33.